The van der Waals surface area contributed by atoms with E-state index in [9.17, 15) is 20.1 Å². The number of amides is 1. The van der Waals surface area contributed by atoms with Crippen molar-refractivity contribution in [3.63, 3.8) is 0 Å². The molecule has 5 nitrogen and oxygen atoms in total. The van der Waals surface area contributed by atoms with Crippen LogP contribution in [0.2, 0.25) is 0 Å². The average molecular weight is 790 g/mol. The molecular formula is C51H99NO4. The minimum atomic E-state index is -1.13. The van der Waals surface area contributed by atoms with E-state index in [4.69, 9.17) is 0 Å². The quantitative estimate of drug-likeness (QED) is 0.0365. The fourth-order valence-corrected chi connectivity index (χ4v) is 7.90. The van der Waals surface area contributed by atoms with Crippen LogP contribution in [0.1, 0.15) is 271 Å². The molecule has 3 atom stereocenters. The van der Waals surface area contributed by atoms with Gasteiger partial charge in [-0.25, -0.2) is 0 Å². The van der Waals surface area contributed by atoms with Gasteiger partial charge in [-0.1, -0.05) is 244 Å². The summed E-state index contributed by atoms with van der Waals surface area (Å²) in [6, 6.07) is -0.807. The second-order valence-corrected chi connectivity index (χ2v) is 17.4. The second kappa shape index (κ2) is 46.5. The van der Waals surface area contributed by atoms with E-state index in [1.165, 1.54) is 199 Å². The standard InChI is InChI=1S/C51H99NO4/c1-3-5-7-9-11-13-15-17-18-19-20-21-22-23-24-25-26-27-28-29-30-31-32-34-36-38-40-42-44-46-50(55)52-48(47-53)51(56)49(54)45-43-41-39-37-35-33-16-14-12-10-8-6-4-2/h20-21,23-24,48-49,51,53-54,56H,3-19,22,25-47H2,1-2H3,(H,52,55)/b21-20-,24-23-. The second-order valence-electron chi connectivity index (χ2n) is 17.4. The summed E-state index contributed by atoms with van der Waals surface area (Å²) in [7, 11) is 0. The van der Waals surface area contributed by atoms with Gasteiger partial charge in [-0.2, -0.15) is 0 Å². The maximum absolute atomic E-state index is 12.5. The number of carbonyl (C=O) groups is 1. The van der Waals surface area contributed by atoms with Crippen LogP contribution in [-0.2, 0) is 4.79 Å². The molecule has 0 spiro atoms. The molecule has 5 heteroatoms. The van der Waals surface area contributed by atoms with Crippen LogP contribution in [0.15, 0.2) is 24.3 Å². The van der Waals surface area contributed by atoms with Gasteiger partial charge in [-0.15, -0.1) is 0 Å². The lowest BCUT2D eigenvalue weighted by atomic mass is 9.99. The molecule has 0 fully saturated rings. The van der Waals surface area contributed by atoms with Crippen LogP contribution in [-0.4, -0.2) is 46.1 Å². The van der Waals surface area contributed by atoms with Gasteiger partial charge in [0.1, 0.15) is 6.10 Å². The summed E-state index contributed by atoms with van der Waals surface area (Å²) in [5, 5.41) is 33.6. The summed E-state index contributed by atoms with van der Waals surface area (Å²) < 4.78 is 0. The monoisotopic (exact) mass is 790 g/mol. The van der Waals surface area contributed by atoms with Crippen molar-refractivity contribution in [3.8, 4) is 0 Å². The third kappa shape index (κ3) is 41.0. The highest BCUT2D eigenvalue weighted by Gasteiger charge is 2.26. The molecule has 0 aromatic carbocycles. The van der Waals surface area contributed by atoms with Crippen molar-refractivity contribution < 1.29 is 20.1 Å². The van der Waals surface area contributed by atoms with Gasteiger partial charge in [0.05, 0.1) is 18.8 Å². The van der Waals surface area contributed by atoms with E-state index >= 15 is 0 Å². The van der Waals surface area contributed by atoms with E-state index in [-0.39, 0.29) is 12.5 Å². The molecule has 0 radical (unpaired) electrons. The molecule has 4 N–H and O–H groups in total. The summed E-state index contributed by atoms with van der Waals surface area (Å²) >= 11 is 0. The molecule has 0 saturated carbocycles. The van der Waals surface area contributed by atoms with E-state index in [1.807, 2.05) is 0 Å². The van der Waals surface area contributed by atoms with Crippen LogP contribution in [0.5, 0.6) is 0 Å². The minimum Gasteiger partial charge on any atom is -0.394 e. The first-order valence-corrected chi connectivity index (χ1v) is 25.1. The summed E-state index contributed by atoms with van der Waals surface area (Å²) in [6.45, 7) is 4.19. The molecule has 0 saturated heterocycles. The molecule has 56 heavy (non-hydrogen) atoms. The van der Waals surface area contributed by atoms with Crippen LogP contribution in [0, 0.1) is 0 Å². The molecule has 0 aliphatic heterocycles. The Morgan fingerprint density at radius 3 is 1.12 bits per heavy atom. The number of rotatable bonds is 46. The van der Waals surface area contributed by atoms with Gasteiger partial charge in [0, 0.05) is 6.42 Å². The normalized spacial score (nSPS) is 13.6. The molecule has 0 aliphatic rings. The lowest BCUT2D eigenvalue weighted by molar-refractivity contribution is -0.124. The number of nitrogens with one attached hydrogen (secondary N) is 1. The number of hydrogen-bond acceptors (Lipinski definition) is 4. The average Bonchev–Trinajstić information content (AvgIpc) is 3.20. The topological polar surface area (TPSA) is 89.8 Å². The Labute approximate surface area is 350 Å². The predicted molar refractivity (Wildman–Crippen MR) is 245 cm³/mol. The van der Waals surface area contributed by atoms with Crippen molar-refractivity contribution in [2.24, 2.45) is 0 Å². The van der Waals surface area contributed by atoms with Gasteiger partial charge >= 0.3 is 0 Å². The zero-order valence-corrected chi connectivity index (χ0v) is 37.8. The highest BCUT2D eigenvalue weighted by molar-refractivity contribution is 5.76. The largest absolute Gasteiger partial charge is 0.394 e. The minimum absolute atomic E-state index is 0.143. The Kier molecular flexibility index (Phi) is 45.5. The van der Waals surface area contributed by atoms with Crippen molar-refractivity contribution in [2.45, 2.75) is 289 Å². The van der Waals surface area contributed by atoms with Crippen molar-refractivity contribution in [2.75, 3.05) is 6.61 Å². The first-order chi connectivity index (χ1) is 27.6. The maximum atomic E-state index is 12.5. The van der Waals surface area contributed by atoms with Crippen molar-refractivity contribution >= 4 is 5.91 Å². The van der Waals surface area contributed by atoms with E-state index in [0.29, 0.717) is 12.8 Å². The SMILES string of the molecule is CCCCCCCCCCC/C=C\C/C=C\CCCCCCCCCCCCCCCC(=O)NC(CO)C(O)C(O)CCCCCCCCCCCCCCC. The highest BCUT2D eigenvalue weighted by atomic mass is 16.3. The summed E-state index contributed by atoms with van der Waals surface area (Å²) in [6.07, 6.45) is 57.4. The van der Waals surface area contributed by atoms with E-state index in [2.05, 4.69) is 43.5 Å². The van der Waals surface area contributed by atoms with E-state index in [0.717, 1.165) is 44.9 Å². The number of unbranched alkanes of at least 4 members (excludes halogenated alkanes) is 34. The van der Waals surface area contributed by atoms with Gasteiger partial charge in [0.25, 0.3) is 0 Å². The van der Waals surface area contributed by atoms with Crippen LogP contribution < -0.4 is 5.32 Å². The molecule has 1 amide bonds. The molecule has 0 aromatic rings. The first kappa shape index (κ1) is 54.8. The van der Waals surface area contributed by atoms with Crippen molar-refractivity contribution in [1.29, 1.82) is 0 Å². The molecular weight excluding hydrogens is 691 g/mol. The first-order valence-electron chi connectivity index (χ1n) is 25.1. The van der Waals surface area contributed by atoms with Crippen LogP contribution >= 0.6 is 0 Å². The Morgan fingerprint density at radius 2 is 0.768 bits per heavy atom. The lowest BCUT2D eigenvalue weighted by Gasteiger charge is -2.26. The summed E-state index contributed by atoms with van der Waals surface area (Å²) in [4.78, 5) is 12.5. The van der Waals surface area contributed by atoms with Crippen molar-refractivity contribution in [1.82, 2.24) is 5.32 Å². The lowest BCUT2D eigenvalue weighted by Crippen LogP contribution is -2.50. The molecule has 0 bridgehead atoms. The zero-order chi connectivity index (χ0) is 40.8. The summed E-state index contributed by atoms with van der Waals surface area (Å²) in [5.74, 6) is -0.143. The van der Waals surface area contributed by atoms with E-state index in [1.54, 1.807) is 0 Å². The maximum Gasteiger partial charge on any atom is 0.220 e. The van der Waals surface area contributed by atoms with Gasteiger partial charge in [0.2, 0.25) is 5.91 Å². The van der Waals surface area contributed by atoms with Gasteiger partial charge < -0.3 is 20.6 Å². The molecule has 0 heterocycles. The van der Waals surface area contributed by atoms with Gasteiger partial charge in [-0.3, -0.25) is 4.79 Å². The summed E-state index contributed by atoms with van der Waals surface area (Å²) in [5.41, 5.74) is 0. The van der Waals surface area contributed by atoms with Crippen LogP contribution in [0.4, 0.5) is 0 Å². The van der Waals surface area contributed by atoms with Gasteiger partial charge in [0.15, 0.2) is 0 Å². The number of aliphatic hydroxyl groups excluding tert-OH is 3. The third-order valence-electron chi connectivity index (χ3n) is 11.8. The van der Waals surface area contributed by atoms with E-state index < -0.39 is 18.2 Å². The molecule has 0 rings (SSSR count). The Balaban J connectivity index is 3.53. The Bertz CT molecular complexity index is 829. The molecule has 0 aromatic heterocycles. The highest BCUT2D eigenvalue weighted by Crippen LogP contribution is 2.17. The Morgan fingerprint density at radius 1 is 0.446 bits per heavy atom. The van der Waals surface area contributed by atoms with Gasteiger partial charge in [-0.05, 0) is 44.9 Å². The fourth-order valence-electron chi connectivity index (χ4n) is 7.90. The Hall–Kier alpha value is -1.17. The third-order valence-corrected chi connectivity index (χ3v) is 11.8. The fraction of sp³-hybridized carbons (Fsp3) is 0.902. The number of carbonyl (C=O) groups excluding carboxylic acids is 1. The smallest absolute Gasteiger partial charge is 0.220 e. The molecule has 332 valence electrons. The predicted octanol–water partition coefficient (Wildman–Crippen LogP) is 14.9. The zero-order valence-electron chi connectivity index (χ0n) is 37.8. The van der Waals surface area contributed by atoms with Crippen LogP contribution in [0.3, 0.4) is 0 Å². The number of hydrogen-bond donors (Lipinski definition) is 4. The number of allylic oxidation sites excluding steroid dienone is 4. The van der Waals surface area contributed by atoms with Crippen molar-refractivity contribution in [3.05, 3.63) is 24.3 Å². The number of aliphatic hydroxyl groups is 3. The van der Waals surface area contributed by atoms with Crippen LogP contribution in [0.25, 0.3) is 0 Å². The molecule has 3 unspecified atom stereocenters. The molecule has 0 aliphatic carbocycles.